The van der Waals surface area contributed by atoms with Crippen LogP contribution in [-0.2, 0) is 0 Å². The number of methoxy groups -OCH3 is 1. The van der Waals surface area contributed by atoms with Crippen LogP contribution in [0.5, 0.6) is 17.2 Å². The van der Waals surface area contributed by atoms with E-state index in [0.717, 1.165) is 11.1 Å². The predicted octanol–water partition coefficient (Wildman–Crippen LogP) is 2.07. The second kappa shape index (κ2) is 4.10. The molecule has 1 aliphatic heterocycles. The van der Waals surface area contributed by atoms with Gasteiger partial charge in [-0.05, 0) is 12.1 Å². The van der Waals surface area contributed by atoms with E-state index in [-0.39, 0.29) is 6.79 Å². The maximum absolute atomic E-state index is 5.74. The third-order valence-electron chi connectivity index (χ3n) is 2.77. The van der Waals surface area contributed by atoms with E-state index in [0.29, 0.717) is 22.9 Å². The van der Waals surface area contributed by atoms with E-state index >= 15 is 0 Å². The normalized spacial score (nSPS) is 12.5. The van der Waals surface area contributed by atoms with Crippen LogP contribution in [0.3, 0.4) is 0 Å². The zero-order chi connectivity index (χ0) is 12.5. The van der Waals surface area contributed by atoms with Gasteiger partial charge in [-0.2, -0.15) is 0 Å². The number of benzene rings is 1. The Hall–Kier alpha value is -2.43. The van der Waals surface area contributed by atoms with Gasteiger partial charge in [-0.25, -0.2) is 0 Å². The number of hydrogen-bond donors (Lipinski definition) is 1. The van der Waals surface area contributed by atoms with Gasteiger partial charge in [-0.15, -0.1) is 0 Å². The number of rotatable bonds is 2. The number of nitrogens with zero attached hydrogens (tertiary/aromatic N) is 1. The second-order valence-electron chi connectivity index (χ2n) is 3.91. The summed E-state index contributed by atoms with van der Waals surface area (Å²) >= 11 is 0. The van der Waals surface area contributed by atoms with E-state index < -0.39 is 0 Å². The maximum Gasteiger partial charge on any atom is 0.231 e. The first-order valence-corrected chi connectivity index (χ1v) is 5.46. The van der Waals surface area contributed by atoms with Crippen molar-refractivity contribution in [3.05, 3.63) is 30.6 Å². The Morgan fingerprint density at radius 3 is 2.67 bits per heavy atom. The zero-order valence-corrected chi connectivity index (χ0v) is 9.84. The topological polar surface area (TPSA) is 66.6 Å². The summed E-state index contributed by atoms with van der Waals surface area (Å²) in [6.45, 7) is 0.233. The van der Waals surface area contributed by atoms with Crippen molar-refractivity contribution < 1.29 is 14.2 Å². The summed E-state index contributed by atoms with van der Waals surface area (Å²) < 4.78 is 16.0. The fourth-order valence-electron chi connectivity index (χ4n) is 1.92. The molecule has 18 heavy (non-hydrogen) atoms. The van der Waals surface area contributed by atoms with Crippen molar-refractivity contribution in [2.75, 3.05) is 19.6 Å². The van der Waals surface area contributed by atoms with E-state index in [2.05, 4.69) is 4.98 Å². The molecule has 0 radical (unpaired) electrons. The highest BCUT2D eigenvalue weighted by atomic mass is 16.7. The number of hydrogen-bond acceptors (Lipinski definition) is 5. The number of nitrogens with two attached hydrogens (primary N) is 1. The molecule has 0 spiro atoms. The molecule has 0 saturated carbocycles. The molecule has 5 nitrogen and oxygen atoms in total. The Bertz CT molecular complexity index is 599. The van der Waals surface area contributed by atoms with Crippen molar-refractivity contribution in [3.8, 4) is 28.4 Å². The minimum atomic E-state index is 0.233. The molecule has 0 unspecified atom stereocenters. The molecule has 2 N–H and O–H groups in total. The lowest BCUT2D eigenvalue weighted by molar-refractivity contribution is 0.174. The molecule has 0 saturated heterocycles. The average Bonchev–Trinajstić information content (AvgIpc) is 2.84. The lowest BCUT2D eigenvalue weighted by Crippen LogP contribution is -1.92. The van der Waals surface area contributed by atoms with E-state index in [1.165, 1.54) is 0 Å². The Morgan fingerprint density at radius 2 is 1.94 bits per heavy atom. The Balaban J connectivity index is 2.16. The van der Waals surface area contributed by atoms with E-state index in [9.17, 15) is 0 Å². The van der Waals surface area contributed by atoms with Crippen molar-refractivity contribution in [1.82, 2.24) is 4.98 Å². The summed E-state index contributed by atoms with van der Waals surface area (Å²) in [5.74, 6) is 2.09. The summed E-state index contributed by atoms with van der Waals surface area (Å²) in [6, 6.07) is 5.52. The molecule has 5 heteroatoms. The van der Waals surface area contributed by atoms with Crippen molar-refractivity contribution in [2.24, 2.45) is 0 Å². The van der Waals surface area contributed by atoms with Gasteiger partial charge >= 0.3 is 0 Å². The van der Waals surface area contributed by atoms with Crippen LogP contribution in [0.25, 0.3) is 11.1 Å². The first kappa shape index (κ1) is 10.7. The molecule has 2 heterocycles. The SMILES string of the molecule is COc1cc2c(cc1-c1cncc(N)c1)OCO2. The molecular formula is C13H12N2O3. The molecule has 0 amide bonds. The van der Waals surface area contributed by atoms with E-state index in [1.807, 2.05) is 12.1 Å². The molecule has 1 aliphatic rings. The summed E-state index contributed by atoms with van der Waals surface area (Å²) in [6.07, 6.45) is 3.33. The first-order valence-electron chi connectivity index (χ1n) is 5.46. The molecule has 0 aliphatic carbocycles. The highest BCUT2D eigenvalue weighted by Crippen LogP contribution is 2.42. The fourth-order valence-corrected chi connectivity index (χ4v) is 1.92. The number of pyridine rings is 1. The van der Waals surface area contributed by atoms with Gasteiger partial charge in [0, 0.05) is 29.6 Å². The molecule has 0 fully saturated rings. The molecule has 1 aromatic heterocycles. The van der Waals surface area contributed by atoms with Crippen LogP contribution in [0.2, 0.25) is 0 Å². The van der Waals surface area contributed by atoms with Gasteiger partial charge in [0.1, 0.15) is 5.75 Å². The van der Waals surface area contributed by atoms with Crippen molar-refractivity contribution >= 4 is 5.69 Å². The molecule has 3 rings (SSSR count). The lowest BCUT2D eigenvalue weighted by atomic mass is 10.1. The minimum absolute atomic E-state index is 0.233. The fraction of sp³-hybridized carbons (Fsp3) is 0.154. The predicted molar refractivity (Wildman–Crippen MR) is 66.8 cm³/mol. The first-order chi connectivity index (χ1) is 8.78. The molecule has 0 bridgehead atoms. The number of fused-ring (bicyclic) bond motifs is 1. The molecular weight excluding hydrogens is 232 g/mol. The van der Waals surface area contributed by atoms with Gasteiger partial charge in [0.05, 0.1) is 12.8 Å². The maximum atomic E-state index is 5.74. The van der Waals surface area contributed by atoms with Crippen LogP contribution >= 0.6 is 0 Å². The highest BCUT2D eigenvalue weighted by Gasteiger charge is 2.18. The standard InChI is InChI=1S/C13H12N2O3/c1-16-11-4-13-12(17-7-18-13)3-10(11)8-2-9(14)6-15-5-8/h2-6H,7,14H2,1H3. The summed E-state index contributed by atoms with van der Waals surface area (Å²) in [4.78, 5) is 4.08. The largest absolute Gasteiger partial charge is 0.496 e. The van der Waals surface area contributed by atoms with Crippen molar-refractivity contribution in [3.63, 3.8) is 0 Å². The number of anilines is 1. The van der Waals surface area contributed by atoms with Crippen molar-refractivity contribution in [2.45, 2.75) is 0 Å². The average molecular weight is 244 g/mol. The van der Waals surface area contributed by atoms with Crippen LogP contribution in [0.1, 0.15) is 0 Å². The van der Waals surface area contributed by atoms with Crippen LogP contribution in [0.4, 0.5) is 5.69 Å². The molecule has 1 aromatic carbocycles. The second-order valence-corrected chi connectivity index (χ2v) is 3.91. The van der Waals surface area contributed by atoms with Crippen LogP contribution in [0.15, 0.2) is 30.6 Å². The van der Waals surface area contributed by atoms with Gasteiger partial charge in [0.25, 0.3) is 0 Å². The zero-order valence-electron chi connectivity index (χ0n) is 9.84. The summed E-state index contributed by atoms with van der Waals surface area (Å²) in [5.41, 5.74) is 8.10. The Kier molecular flexibility index (Phi) is 2.44. The monoisotopic (exact) mass is 244 g/mol. The van der Waals surface area contributed by atoms with Gasteiger partial charge in [-0.3, -0.25) is 4.98 Å². The summed E-state index contributed by atoms with van der Waals surface area (Å²) in [5, 5.41) is 0. The van der Waals surface area contributed by atoms with E-state index in [1.54, 1.807) is 25.6 Å². The number of ether oxygens (including phenoxy) is 3. The molecule has 92 valence electrons. The Labute approximate surface area is 104 Å². The third kappa shape index (κ3) is 1.69. The highest BCUT2D eigenvalue weighted by molar-refractivity contribution is 5.75. The number of aromatic nitrogens is 1. The molecule has 2 aromatic rings. The third-order valence-corrected chi connectivity index (χ3v) is 2.77. The minimum Gasteiger partial charge on any atom is -0.496 e. The van der Waals surface area contributed by atoms with Gasteiger partial charge in [-0.1, -0.05) is 0 Å². The Morgan fingerprint density at radius 1 is 1.17 bits per heavy atom. The lowest BCUT2D eigenvalue weighted by Gasteiger charge is -2.10. The summed E-state index contributed by atoms with van der Waals surface area (Å²) in [7, 11) is 1.61. The van der Waals surface area contributed by atoms with Crippen LogP contribution in [-0.4, -0.2) is 18.9 Å². The van der Waals surface area contributed by atoms with Gasteiger partial charge in [0.15, 0.2) is 11.5 Å². The van der Waals surface area contributed by atoms with Crippen LogP contribution in [0, 0.1) is 0 Å². The number of nitrogen functional groups attached to an aromatic ring is 1. The van der Waals surface area contributed by atoms with Gasteiger partial charge in [0.2, 0.25) is 6.79 Å². The van der Waals surface area contributed by atoms with Crippen LogP contribution < -0.4 is 19.9 Å². The van der Waals surface area contributed by atoms with Gasteiger partial charge < -0.3 is 19.9 Å². The smallest absolute Gasteiger partial charge is 0.231 e. The quantitative estimate of drug-likeness (QED) is 0.875. The van der Waals surface area contributed by atoms with Crippen molar-refractivity contribution in [1.29, 1.82) is 0 Å². The molecule has 0 atom stereocenters. The van der Waals surface area contributed by atoms with E-state index in [4.69, 9.17) is 19.9 Å².